The first-order chi connectivity index (χ1) is 7.53. The third-order valence-corrected chi connectivity index (χ3v) is 1.87. The molecule has 0 saturated heterocycles. The van der Waals surface area contributed by atoms with Crippen LogP contribution in [0.3, 0.4) is 0 Å². The molecule has 0 radical (unpaired) electrons. The van der Waals surface area contributed by atoms with Crippen LogP contribution in [0.15, 0.2) is 30.3 Å². The molecule has 1 aromatic rings. The van der Waals surface area contributed by atoms with Crippen molar-refractivity contribution >= 4 is 6.08 Å². The van der Waals surface area contributed by atoms with Crippen molar-refractivity contribution in [1.29, 1.82) is 0 Å². The highest BCUT2D eigenvalue weighted by Gasteiger charge is 2.24. The molecule has 0 aliphatic carbocycles. The van der Waals surface area contributed by atoms with Crippen molar-refractivity contribution in [3.05, 3.63) is 35.9 Å². The van der Waals surface area contributed by atoms with E-state index in [1.54, 1.807) is 24.3 Å². The maximum atomic E-state index is 11.9. The minimum atomic E-state index is -4.16. The number of allylic oxidation sites excluding steroid dienone is 1. The van der Waals surface area contributed by atoms with E-state index in [0.29, 0.717) is 17.9 Å². The van der Waals surface area contributed by atoms with E-state index in [9.17, 15) is 13.2 Å². The Kier molecular flexibility index (Phi) is 4.40. The lowest BCUT2D eigenvalue weighted by Crippen LogP contribution is -2.04. The first-order valence-electron chi connectivity index (χ1n) is 4.98. The summed E-state index contributed by atoms with van der Waals surface area (Å²) in [6.45, 7) is 2.32. The molecular formula is C12H13F3O. The molecule has 1 aromatic carbocycles. The summed E-state index contributed by atoms with van der Waals surface area (Å²) >= 11 is 0. The van der Waals surface area contributed by atoms with Crippen molar-refractivity contribution in [3.8, 4) is 5.75 Å². The van der Waals surface area contributed by atoms with Crippen molar-refractivity contribution in [3.63, 3.8) is 0 Å². The number of hydrogen-bond donors (Lipinski definition) is 0. The van der Waals surface area contributed by atoms with Crippen molar-refractivity contribution < 1.29 is 17.9 Å². The summed E-state index contributed by atoms with van der Waals surface area (Å²) in [6.07, 6.45) is -2.55. The Balaban J connectivity index is 2.72. The van der Waals surface area contributed by atoms with Gasteiger partial charge in [-0.15, -0.1) is 0 Å². The predicted octanol–water partition coefficient (Wildman–Crippen LogP) is 4.05. The van der Waals surface area contributed by atoms with Gasteiger partial charge in [-0.25, -0.2) is 0 Å². The van der Waals surface area contributed by atoms with Gasteiger partial charge in [-0.1, -0.05) is 30.4 Å². The Morgan fingerprint density at radius 1 is 1.25 bits per heavy atom. The van der Waals surface area contributed by atoms with Gasteiger partial charge >= 0.3 is 6.18 Å². The third-order valence-electron chi connectivity index (χ3n) is 1.87. The molecule has 0 unspecified atom stereocenters. The smallest absolute Gasteiger partial charge is 0.392 e. The summed E-state index contributed by atoms with van der Waals surface area (Å²) in [5.74, 6) is 0.600. The topological polar surface area (TPSA) is 9.23 Å². The second kappa shape index (κ2) is 5.58. The summed E-state index contributed by atoms with van der Waals surface area (Å²) in [6, 6.07) is 7.00. The quantitative estimate of drug-likeness (QED) is 0.758. The molecule has 1 rings (SSSR count). The number of alkyl halides is 3. The van der Waals surface area contributed by atoms with Crippen LogP contribution in [0.2, 0.25) is 0 Å². The maximum absolute atomic E-state index is 11.9. The standard InChI is InChI=1S/C12H13F3O/c1-2-16-11-8-4-3-6-10(11)7-5-9-12(13,14)15/h3-8H,2,9H2,1H3. The minimum Gasteiger partial charge on any atom is -0.493 e. The van der Waals surface area contributed by atoms with Crippen molar-refractivity contribution in [1.82, 2.24) is 0 Å². The Labute approximate surface area is 92.5 Å². The van der Waals surface area contributed by atoms with Gasteiger partial charge in [-0.3, -0.25) is 0 Å². The molecule has 0 amide bonds. The van der Waals surface area contributed by atoms with E-state index in [1.807, 2.05) is 6.92 Å². The van der Waals surface area contributed by atoms with Crippen LogP contribution in [-0.4, -0.2) is 12.8 Å². The number of ether oxygens (including phenoxy) is 1. The summed E-state index contributed by atoms with van der Waals surface area (Å²) in [5.41, 5.74) is 0.661. The Bertz CT molecular complexity index is 356. The van der Waals surface area contributed by atoms with Crippen molar-refractivity contribution in [2.45, 2.75) is 19.5 Å². The molecule has 0 saturated carbocycles. The van der Waals surface area contributed by atoms with Crippen LogP contribution >= 0.6 is 0 Å². The van der Waals surface area contributed by atoms with Gasteiger partial charge in [0.15, 0.2) is 0 Å². The summed E-state index contributed by atoms with van der Waals surface area (Å²) in [4.78, 5) is 0. The third kappa shape index (κ3) is 4.38. The lowest BCUT2D eigenvalue weighted by molar-refractivity contribution is -0.124. The van der Waals surface area contributed by atoms with E-state index < -0.39 is 12.6 Å². The van der Waals surface area contributed by atoms with Crippen molar-refractivity contribution in [2.75, 3.05) is 6.61 Å². The molecule has 0 spiro atoms. The average Bonchev–Trinajstić information content (AvgIpc) is 2.19. The summed E-state index contributed by atoms with van der Waals surface area (Å²) in [5, 5.41) is 0. The number of benzene rings is 1. The lowest BCUT2D eigenvalue weighted by Gasteiger charge is -2.06. The second-order valence-electron chi connectivity index (χ2n) is 3.19. The molecule has 0 atom stereocenters. The van der Waals surface area contributed by atoms with E-state index in [1.165, 1.54) is 6.08 Å². The Morgan fingerprint density at radius 3 is 2.56 bits per heavy atom. The average molecular weight is 230 g/mol. The molecule has 0 aliphatic heterocycles. The van der Waals surface area contributed by atoms with Gasteiger partial charge in [0.1, 0.15) is 5.75 Å². The first-order valence-corrected chi connectivity index (χ1v) is 4.98. The fraction of sp³-hybridized carbons (Fsp3) is 0.333. The largest absolute Gasteiger partial charge is 0.493 e. The molecule has 0 aromatic heterocycles. The van der Waals surface area contributed by atoms with Gasteiger partial charge in [0.2, 0.25) is 0 Å². The highest BCUT2D eigenvalue weighted by molar-refractivity contribution is 5.57. The normalized spacial score (nSPS) is 12.0. The minimum absolute atomic E-state index is 0.490. The van der Waals surface area contributed by atoms with Gasteiger partial charge in [0.25, 0.3) is 0 Å². The van der Waals surface area contributed by atoms with Gasteiger partial charge in [0.05, 0.1) is 13.0 Å². The monoisotopic (exact) mass is 230 g/mol. The van der Waals surface area contributed by atoms with E-state index in [2.05, 4.69) is 0 Å². The van der Waals surface area contributed by atoms with Crippen LogP contribution in [-0.2, 0) is 0 Å². The zero-order valence-corrected chi connectivity index (χ0v) is 8.92. The zero-order valence-electron chi connectivity index (χ0n) is 8.92. The Morgan fingerprint density at radius 2 is 1.94 bits per heavy atom. The number of para-hydroxylation sites is 1. The Hall–Kier alpha value is -1.45. The highest BCUT2D eigenvalue weighted by Crippen LogP contribution is 2.23. The SMILES string of the molecule is CCOc1ccccc1C=CCC(F)(F)F. The van der Waals surface area contributed by atoms with Crippen LogP contribution in [0.5, 0.6) is 5.75 Å². The second-order valence-corrected chi connectivity index (χ2v) is 3.19. The van der Waals surface area contributed by atoms with Crippen LogP contribution in [0.1, 0.15) is 18.9 Å². The van der Waals surface area contributed by atoms with Gasteiger partial charge < -0.3 is 4.74 Å². The molecule has 16 heavy (non-hydrogen) atoms. The highest BCUT2D eigenvalue weighted by atomic mass is 19.4. The van der Waals surface area contributed by atoms with Crippen LogP contribution in [0, 0.1) is 0 Å². The number of halogens is 3. The molecule has 0 fully saturated rings. The molecule has 0 bridgehead atoms. The number of hydrogen-bond acceptors (Lipinski definition) is 1. The predicted molar refractivity (Wildman–Crippen MR) is 57.3 cm³/mol. The maximum Gasteiger partial charge on any atom is 0.392 e. The van der Waals surface area contributed by atoms with Crippen LogP contribution < -0.4 is 4.74 Å². The first kappa shape index (κ1) is 12.6. The van der Waals surface area contributed by atoms with Gasteiger partial charge in [-0.2, -0.15) is 13.2 Å². The van der Waals surface area contributed by atoms with Crippen LogP contribution in [0.4, 0.5) is 13.2 Å². The fourth-order valence-corrected chi connectivity index (χ4v) is 1.22. The van der Waals surface area contributed by atoms with Gasteiger partial charge in [0, 0.05) is 5.56 Å². The fourth-order valence-electron chi connectivity index (χ4n) is 1.22. The molecule has 88 valence electrons. The molecule has 4 heteroatoms. The lowest BCUT2D eigenvalue weighted by atomic mass is 10.2. The van der Waals surface area contributed by atoms with Gasteiger partial charge in [-0.05, 0) is 13.0 Å². The van der Waals surface area contributed by atoms with E-state index in [-0.39, 0.29) is 0 Å². The molecule has 0 heterocycles. The van der Waals surface area contributed by atoms with E-state index >= 15 is 0 Å². The summed E-state index contributed by atoms with van der Waals surface area (Å²) in [7, 11) is 0. The van der Waals surface area contributed by atoms with Crippen LogP contribution in [0.25, 0.3) is 6.08 Å². The summed E-state index contributed by atoms with van der Waals surface area (Å²) < 4.78 is 41.1. The van der Waals surface area contributed by atoms with E-state index in [0.717, 1.165) is 6.08 Å². The molecule has 1 nitrogen and oxygen atoms in total. The molecule has 0 aliphatic rings. The zero-order chi connectivity index (χ0) is 12.0. The van der Waals surface area contributed by atoms with Crippen molar-refractivity contribution in [2.24, 2.45) is 0 Å². The number of rotatable bonds is 4. The molecule has 0 N–H and O–H groups in total. The molecular weight excluding hydrogens is 217 g/mol. The van der Waals surface area contributed by atoms with E-state index in [4.69, 9.17) is 4.74 Å².